The molecule has 1 atom stereocenters. The van der Waals surface area contributed by atoms with Crippen molar-refractivity contribution in [3.63, 3.8) is 0 Å². The van der Waals surface area contributed by atoms with Gasteiger partial charge < -0.3 is 10.1 Å². The van der Waals surface area contributed by atoms with Crippen molar-refractivity contribution in [1.29, 1.82) is 0 Å². The van der Waals surface area contributed by atoms with Gasteiger partial charge in [-0.15, -0.1) is 0 Å². The molecule has 1 N–H and O–H groups in total. The molecule has 2 heterocycles. The molecular weight excluding hydrogens is 250 g/mol. The molecule has 0 saturated carbocycles. The minimum atomic E-state index is 0.607. The topological polar surface area (TPSA) is 37.4 Å². The van der Waals surface area contributed by atoms with Gasteiger partial charge in [0.05, 0.1) is 12.8 Å². The lowest BCUT2D eigenvalue weighted by molar-refractivity contribution is 0.178. The number of pyridine rings is 1. The standard InChI is InChI=1S/C16H27N3O/c1-12(2)7-14-10-19(6-5-17-14)11-15-9-16(20-4)8-13(3)18-15/h8-9,12,14,17H,5-7,10-11H2,1-4H3. The summed E-state index contributed by atoms with van der Waals surface area (Å²) < 4.78 is 5.33. The first-order valence-electron chi connectivity index (χ1n) is 7.54. The van der Waals surface area contributed by atoms with Gasteiger partial charge in [0.1, 0.15) is 5.75 Å². The van der Waals surface area contributed by atoms with E-state index in [1.165, 1.54) is 6.42 Å². The van der Waals surface area contributed by atoms with E-state index in [-0.39, 0.29) is 0 Å². The predicted octanol–water partition coefficient (Wildman–Crippen LogP) is 2.22. The van der Waals surface area contributed by atoms with Crippen LogP contribution in [0.5, 0.6) is 5.75 Å². The average Bonchev–Trinajstić information content (AvgIpc) is 2.37. The molecule has 112 valence electrons. The van der Waals surface area contributed by atoms with Gasteiger partial charge in [-0.2, -0.15) is 0 Å². The van der Waals surface area contributed by atoms with Crippen LogP contribution in [0.3, 0.4) is 0 Å². The summed E-state index contributed by atoms with van der Waals surface area (Å²) in [5, 5.41) is 3.61. The second-order valence-electron chi connectivity index (χ2n) is 6.16. The maximum atomic E-state index is 5.33. The predicted molar refractivity (Wildman–Crippen MR) is 82.0 cm³/mol. The van der Waals surface area contributed by atoms with Crippen molar-refractivity contribution in [1.82, 2.24) is 15.2 Å². The van der Waals surface area contributed by atoms with Crippen LogP contribution in [0, 0.1) is 12.8 Å². The lowest BCUT2D eigenvalue weighted by Crippen LogP contribution is -2.50. The molecule has 1 aromatic heterocycles. The van der Waals surface area contributed by atoms with Crippen LogP contribution in [-0.2, 0) is 6.54 Å². The van der Waals surface area contributed by atoms with E-state index in [1.54, 1.807) is 7.11 Å². The van der Waals surface area contributed by atoms with Crippen LogP contribution in [0.4, 0.5) is 0 Å². The second kappa shape index (κ2) is 7.04. The van der Waals surface area contributed by atoms with E-state index in [4.69, 9.17) is 4.74 Å². The van der Waals surface area contributed by atoms with Crippen molar-refractivity contribution in [2.24, 2.45) is 5.92 Å². The second-order valence-corrected chi connectivity index (χ2v) is 6.16. The number of aromatic nitrogens is 1. The lowest BCUT2D eigenvalue weighted by atomic mass is 10.0. The molecule has 1 aliphatic heterocycles. The molecule has 1 saturated heterocycles. The maximum absolute atomic E-state index is 5.33. The molecule has 1 aromatic rings. The van der Waals surface area contributed by atoms with Crippen molar-refractivity contribution >= 4 is 0 Å². The SMILES string of the molecule is COc1cc(C)nc(CN2CCNC(CC(C)C)C2)c1. The average molecular weight is 277 g/mol. The minimum Gasteiger partial charge on any atom is -0.497 e. The normalized spacial score (nSPS) is 20.4. The van der Waals surface area contributed by atoms with Crippen LogP contribution in [0.2, 0.25) is 0 Å². The fourth-order valence-electron chi connectivity index (χ4n) is 2.90. The van der Waals surface area contributed by atoms with E-state index in [0.717, 1.165) is 49.2 Å². The first-order valence-corrected chi connectivity index (χ1v) is 7.54. The minimum absolute atomic E-state index is 0.607. The smallest absolute Gasteiger partial charge is 0.122 e. The lowest BCUT2D eigenvalue weighted by Gasteiger charge is -2.34. The number of hydrogen-bond acceptors (Lipinski definition) is 4. The van der Waals surface area contributed by atoms with Crippen LogP contribution in [0.15, 0.2) is 12.1 Å². The Morgan fingerprint density at radius 3 is 2.95 bits per heavy atom. The highest BCUT2D eigenvalue weighted by Gasteiger charge is 2.20. The molecule has 1 fully saturated rings. The summed E-state index contributed by atoms with van der Waals surface area (Å²) in [6, 6.07) is 4.63. The molecule has 1 unspecified atom stereocenters. The summed E-state index contributed by atoms with van der Waals surface area (Å²) in [5.41, 5.74) is 2.13. The molecule has 20 heavy (non-hydrogen) atoms. The summed E-state index contributed by atoms with van der Waals surface area (Å²) in [5.74, 6) is 1.64. The van der Waals surface area contributed by atoms with Crippen LogP contribution in [-0.4, -0.2) is 42.7 Å². The third-order valence-corrected chi connectivity index (χ3v) is 3.70. The molecule has 0 bridgehead atoms. The number of piperazine rings is 1. The van der Waals surface area contributed by atoms with Gasteiger partial charge in [0, 0.05) is 50.0 Å². The molecule has 1 aliphatic rings. The summed E-state index contributed by atoms with van der Waals surface area (Å²) in [4.78, 5) is 7.11. The largest absolute Gasteiger partial charge is 0.497 e. The Hall–Kier alpha value is -1.13. The van der Waals surface area contributed by atoms with E-state index in [1.807, 2.05) is 19.1 Å². The van der Waals surface area contributed by atoms with Gasteiger partial charge in [-0.1, -0.05) is 13.8 Å². The number of rotatable bonds is 5. The molecule has 0 aromatic carbocycles. The Morgan fingerprint density at radius 1 is 1.45 bits per heavy atom. The summed E-state index contributed by atoms with van der Waals surface area (Å²) in [6.45, 7) is 10.8. The van der Waals surface area contributed by atoms with E-state index < -0.39 is 0 Å². The molecule has 0 aliphatic carbocycles. The van der Waals surface area contributed by atoms with Gasteiger partial charge in [-0.25, -0.2) is 0 Å². The summed E-state index contributed by atoms with van der Waals surface area (Å²) in [7, 11) is 1.71. The zero-order chi connectivity index (χ0) is 14.5. The Kier molecular flexibility index (Phi) is 5.38. The fraction of sp³-hybridized carbons (Fsp3) is 0.688. The van der Waals surface area contributed by atoms with Crippen LogP contribution in [0.1, 0.15) is 31.7 Å². The van der Waals surface area contributed by atoms with Crippen LogP contribution in [0.25, 0.3) is 0 Å². The Labute approximate surface area is 122 Å². The van der Waals surface area contributed by atoms with Gasteiger partial charge in [-0.05, 0) is 19.3 Å². The molecule has 4 heteroatoms. The highest BCUT2D eigenvalue weighted by Crippen LogP contribution is 2.16. The summed E-state index contributed by atoms with van der Waals surface area (Å²) in [6.07, 6.45) is 1.24. The van der Waals surface area contributed by atoms with Gasteiger partial charge >= 0.3 is 0 Å². The van der Waals surface area contributed by atoms with Gasteiger partial charge in [0.15, 0.2) is 0 Å². The monoisotopic (exact) mass is 277 g/mol. The van der Waals surface area contributed by atoms with E-state index in [2.05, 4.69) is 29.0 Å². The van der Waals surface area contributed by atoms with E-state index >= 15 is 0 Å². The third-order valence-electron chi connectivity index (χ3n) is 3.70. The molecule has 0 spiro atoms. The first kappa shape index (κ1) is 15.3. The Bertz CT molecular complexity index is 434. The number of hydrogen-bond donors (Lipinski definition) is 1. The summed E-state index contributed by atoms with van der Waals surface area (Å²) >= 11 is 0. The molecular formula is C16H27N3O. The first-order chi connectivity index (χ1) is 9.56. The molecule has 0 amide bonds. The van der Waals surface area contributed by atoms with Gasteiger partial charge in [0.2, 0.25) is 0 Å². The number of nitrogens with zero attached hydrogens (tertiary/aromatic N) is 2. The van der Waals surface area contributed by atoms with E-state index in [9.17, 15) is 0 Å². The Morgan fingerprint density at radius 2 is 2.25 bits per heavy atom. The van der Waals surface area contributed by atoms with Crippen LogP contribution >= 0.6 is 0 Å². The number of ether oxygens (including phenoxy) is 1. The highest BCUT2D eigenvalue weighted by molar-refractivity contribution is 5.26. The van der Waals surface area contributed by atoms with E-state index in [0.29, 0.717) is 6.04 Å². The third kappa shape index (κ3) is 4.46. The molecule has 2 rings (SSSR count). The highest BCUT2D eigenvalue weighted by atomic mass is 16.5. The number of nitrogens with one attached hydrogen (secondary N) is 1. The van der Waals surface area contributed by atoms with Crippen molar-refractivity contribution in [2.75, 3.05) is 26.7 Å². The Balaban J connectivity index is 1.97. The fourth-order valence-corrected chi connectivity index (χ4v) is 2.90. The zero-order valence-corrected chi connectivity index (χ0v) is 13.1. The number of methoxy groups -OCH3 is 1. The van der Waals surface area contributed by atoms with Crippen LogP contribution < -0.4 is 10.1 Å². The van der Waals surface area contributed by atoms with Gasteiger partial charge in [0.25, 0.3) is 0 Å². The van der Waals surface area contributed by atoms with Crippen molar-refractivity contribution in [3.05, 3.63) is 23.5 Å². The molecule has 4 nitrogen and oxygen atoms in total. The van der Waals surface area contributed by atoms with Crippen molar-refractivity contribution < 1.29 is 4.74 Å². The van der Waals surface area contributed by atoms with Crippen molar-refractivity contribution in [3.8, 4) is 5.75 Å². The quantitative estimate of drug-likeness (QED) is 0.895. The van der Waals surface area contributed by atoms with Crippen molar-refractivity contribution in [2.45, 2.75) is 39.8 Å². The molecule has 0 radical (unpaired) electrons. The maximum Gasteiger partial charge on any atom is 0.122 e. The zero-order valence-electron chi connectivity index (χ0n) is 13.1. The number of aryl methyl sites for hydroxylation is 1. The van der Waals surface area contributed by atoms with Gasteiger partial charge in [-0.3, -0.25) is 9.88 Å².